The molecule has 0 aliphatic rings. The van der Waals surface area contributed by atoms with Gasteiger partial charge in [0.25, 0.3) is 0 Å². The SMILES string of the molecule is CCCCCCCC=C(CCCC(=O)O)C(=O)O. The number of allylic oxidation sites excluding steroid dienone is 1. The molecular formula is C14H24O4. The van der Waals surface area contributed by atoms with Gasteiger partial charge in [-0.1, -0.05) is 38.7 Å². The average Bonchev–Trinajstić information content (AvgIpc) is 2.30. The molecule has 0 aromatic carbocycles. The molecular weight excluding hydrogens is 232 g/mol. The molecule has 0 atom stereocenters. The van der Waals surface area contributed by atoms with Gasteiger partial charge < -0.3 is 10.2 Å². The van der Waals surface area contributed by atoms with E-state index in [4.69, 9.17) is 10.2 Å². The maximum absolute atomic E-state index is 10.9. The van der Waals surface area contributed by atoms with E-state index < -0.39 is 11.9 Å². The van der Waals surface area contributed by atoms with Gasteiger partial charge in [0, 0.05) is 12.0 Å². The summed E-state index contributed by atoms with van der Waals surface area (Å²) >= 11 is 0. The summed E-state index contributed by atoms with van der Waals surface area (Å²) in [6, 6.07) is 0. The topological polar surface area (TPSA) is 74.6 Å². The molecule has 4 heteroatoms. The Morgan fingerprint density at radius 2 is 1.61 bits per heavy atom. The number of carboxylic acids is 2. The van der Waals surface area contributed by atoms with Crippen LogP contribution in [0.15, 0.2) is 11.6 Å². The van der Waals surface area contributed by atoms with Gasteiger partial charge in [-0.3, -0.25) is 4.79 Å². The highest BCUT2D eigenvalue weighted by Crippen LogP contribution is 2.12. The van der Waals surface area contributed by atoms with Gasteiger partial charge in [-0.25, -0.2) is 4.79 Å². The predicted molar refractivity (Wildman–Crippen MR) is 70.6 cm³/mol. The second-order valence-electron chi connectivity index (χ2n) is 4.48. The summed E-state index contributed by atoms with van der Waals surface area (Å²) in [5.41, 5.74) is 0.353. The molecule has 0 aromatic heterocycles. The number of rotatable bonds is 11. The molecule has 0 saturated heterocycles. The van der Waals surface area contributed by atoms with Crippen molar-refractivity contribution in [2.45, 2.75) is 64.7 Å². The normalized spacial score (nSPS) is 11.5. The molecule has 0 bridgehead atoms. The molecule has 0 aliphatic heterocycles. The largest absolute Gasteiger partial charge is 0.481 e. The Hall–Kier alpha value is -1.32. The Kier molecular flexibility index (Phi) is 10.0. The quantitative estimate of drug-likeness (QED) is 0.437. The summed E-state index contributed by atoms with van der Waals surface area (Å²) in [6.07, 6.45) is 9.06. The monoisotopic (exact) mass is 256 g/mol. The van der Waals surface area contributed by atoms with Gasteiger partial charge in [-0.05, 0) is 25.7 Å². The van der Waals surface area contributed by atoms with Crippen LogP contribution in [0.1, 0.15) is 64.7 Å². The summed E-state index contributed by atoms with van der Waals surface area (Å²) in [6.45, 7) is 2.16. The lowest BCUT2D eigenvalue weighted by atomic mass is 10.1. The van der Waals surface area contributed by atoms with Crippen LogP contribution in [0.25, 0.3) is 0 Å². The van der Waals surface area contributed by atoms with Crippen molar-refractivity contribution in [3.05, 3.63) is 11.6 Å². The third-order valence-electron chi connectivity index (χ3n) is 2.81. The first-order valence-electron chi connectivity index (χ1n) is 6.72. The third-order valence-corrected chi connectivity index (χ3v) is 2.81. The van der Waals surface area contributed by atoms with E-state index >= 15 is 0 Å². The lowest BCUT2D eigenvalue weighted by Gasteiger charge is -2.02. The number of carbonyl (C=O) groups is 2. The smallest absolute Gasteiger partial charge is 0.331 e. The first-order valence-corrected chi connectivity index (χ1v) is 6.72. The molecule has 0 heterocycles. The summed E-state index contributed by atoms with van der Waals surface area (Å²) in [4.78, 5) is 21.3. The zero-order valence-corrected chi connectivity index (χ0v) is 11.2. The minimum absolute atomic E-state index is 0.0289. The number of hydrogen-bond acceptors (Lipinski definition) is 2. The Labute approximate surface area is 109 Å². The molecule has 104 valence electrons. The van der Waals surface area contributed by atoms with Gasteiger partial charge >= 0.3 is 11.9 Å². The maximum atomic E-state index is 10.9. The number of aliphatic carboxylic acids is 2. The molecule has 0 fully saturated rings. The Morgan fingerprint density at radius 3 is 2.17 bits per heavy atom. The van der Waals surface area contributed by atoms with E-state index in [1.807, 2.05) is 0 Å². The fraction of sp³-hybridized carbons (Fsp3) is 0.714. The molecule has 2 N–H and O–H groups in total. The molecule has 0 amide bonds. The minimum atomic E-state index is -0.922. The second-order valence-corrected chi connectivity index (χ2v) is 4.48. The van der Waals surface area contributed by atoms with E-state index in [0.29, 0.717) is 18.4 Å². The predicted octanol–water partition coefficient (Wildman–Crippen LogP) is 3.61. The van der Waals surface area contributed by atoms with Gasteiger partial charge in [0.1, 0.15) is 0 Å². The second kappa shape index (κ2) is 10.8. The highest BCUT2D eigenvalue weighted by atomic mass is 16.4. The van der Waals surface area contributed by atoms with Crippen LogP contribution in [0.5, 0.6) is 0 Å². The minimum Gasteiger partial charge on any atom is -0.481 e. The number of carboxylic acid groups (broad SMARTS) is 2. The summed E-state index contributed by atoms with van der Waals surface area (Å²) in [5, 5.41) is 17.5. The molecule has 0 radical (unpaired) electrons. The van der Waals surface area contributed by atoms with Crippen molar-refractivity contribution < 1.29 is 19.8 Å². The van der Waals surface area contributed by atoms with Crippen LogP contribution in [-0.2, 0) is 9.59 Å². The van der Waals surface area contributed by atoms with Crippen LogP contribution in [0.3, 0.4) is 0 Å². The first-order chi connectivity index (χ1) is 8.57. The molecule has 0 rings (SSSR count). The van der Waals surface area contributed by atoms with E-state index in [9.17, 15) is 9.59 Å². The molecule has 0 saturated carbocycles. The number of unbranched alkanes of at least 4 members (excludes halogenated alkanes) is 5. The maximum Gasteiger partial charge on any atom is 0.331 e. The van der Waals surface area contributed by atoms with Crippen LogP contribution in [0.4, 0.5) is 0 Å². The third kappa shape index (κ3) is 9.87. The van der Waals surface area contributed by atoms with Gasteiger partial charge in [0.05, 0.1) is 0 Å². The van der Waals surface area contributed by atoms with Crippen molar-refractivity contribution >= 4 is 11.9 Å². The molecule has 0 unspecified atom stereocenters. The van der Waals surface area contributed by atoms with E-state index in [2.05, 4.69) is 6.92 Å². The van der Waals surface area contributed by atoms with Crippen LogP contribution < -0.4 is 0 Å². The van der Waals surface area contributed by atoms with Gasteiger partial charge in [-0.2, -0.15) is 0 Å². The van der Waals surface area contributed by atoms with Crippen molar-refractivity contribution in [3.63, 3.8) is 0 Å². The summed E-state index contributed by atoms with van der Waals surface area (Å²) in [7, 11) is 0. The zero-order valence-electron chi connectivity index (χ0n) is 11.2. The fourth-order valence-electron chi connectivity index (χ4n) is 1.75. The van der Waals surface area contributed by atoms with Gasteiger partial charge in [0.2, 0.25) is 0 Å². The van der Waals surface area contributed by atoms with E-state index in [0.717, 1.165) is 19.3 Å². The fourth-order valence-corrected chi connectivity index (χ4v) is 1.75. The van der Waals surface area contributed by atoms with Crippen LogP contribution in [-0.4, -0.2) is 22.2 Å². The first kappa shape index (κ1) is 16.7. The number of hydrogen-bond donors (Lipinski definition) is 2. The van der Waals surface area contributed by atoms with Crippen molar-refractivity contribution in [2.24, 2.45) is 0 Å². The standard InChI is InChI=1S/C14H24O4/c1-2-3-4-5-6-7-9-12(14(17)18)10-8-11-13(15)16/h9H,2-8,10-11H2,1H3,(H,15,16)(H,17,18). The molecule has 4 nitrogen and oxygen atoms in total. The van der Waals surface area contributed by atoms with E-state index in [-0.39, 0.29) is 6.42 Å². The Morgan fingerprint density at radius 1 is 0.944 bits per heavy atom. The highest BCUT2D eigenvalue weighted by molar-refractivity contribution is 5.86. The van der Waals surface area contributed by atoms with Crippen molar-refractivity contribution in [1.29, 1.82) is 0 Å². The van der Waals surface area contributed by atoms with Crippen LogP contribution >= 0.6 is 0 Å². The van der Waals surface area contributed by atoms with Gasteiger partial charge in [-0.15, -0.1) is 0 Å². The summed E-state index contributed by atoms with van der Waals surface area (Å²) < 4.78 is 0. The van der Waals surface area contributed by atoms with Crippen LogP contribution in [0.2, 0.25) is 0 Å². The Bertz CT molecular complexity index is 282. The van der Waals surface area contributed by atoms with E-state index in [1.54, 1.807) is 6.08 Å². The van der Waals surface area contributed by atoms with E-state index in [1.165, 1.54) is 19.3 Å². The van der Waals surface area contributed by atoms with Crippen molar-refractivity contribution in [3.8, 4) is 0 Å². The highest BCUT2D eigenvalue weighted by Gasteiger charge is 2.07. The molecule has 18 heavy (non-hydrogen) atoms. The lowest BCUT2D eigenvalue weighted by Crippen LogP contribution is -2.02. The van der Waals surface area contributed by atoms with Gasteiger partial charge in [0.15, 0.2) is 0 Å². The summed E-state index contributed by atoms with van der Waals surface area (Å²) in [5.74, 6) is -1.80. The lowest BCUT2D eigenvalue weighted by molar-refractivity contribution is -0.137. The van der Waals surface area contributed by atoms with Crippen LogP contribution in [0, 0.1) is 0 Å². The average molecular weight is 256 g/mol. The Balaban J connectivity index is 3.86. The van der Waals surface area contributed by atoms with Crippen molar-refractivity contribution in [2.75, 3.05) is 0 Å². The molecule has 0 aromatic rings. The molecule has 0 aliphatic carbocycles. The van der Waals surface area contributed by atoms with Crippen molar-refractivity contribution in [1.82, 2.24) is 0 Å². The molecule has 0 spiro atoms. The zero-order chi connectivity index (χ0) is 13.8.